The zero-order chi connectivity index (χ0) is 11.6. The summed E-state index contributed by atoms with van der Waals surface area (Å²) in [6, 6.07) is 0.685. The van der Waals surface area contributed by atoms with Gasteiger partial charge in [-0.1, -0.05) is 13.3 Å². The van der Waals surface area contributed by atoms with E-state index in [0.717, 1.165) is 32.8 Å². The van der Waals surface area contributed by atoms with Gasteiger partial charge in [0.2, 0.25) is 0 Å². The number of nitrogens with one attached hydrogen (secondary N) is 1. The molecule has 16 heavy (non-hydrogen) atoms. The Bertz CT molecular complexity index is 158. The van der Waals surface area contributed by atoms with Crippen molar-refractivity contribution in [2.45, 2.75) is 45.6 Å². The molecule has 0 aromatic heterocycles. The minimum Gasteiger partial charge on any atom is -0.379 e. The van der Waals surface area contributed by atoms with E-state index >= 15 is 0 Å². The molecule has 1 unspecified atom stereocenters. The Hall–Kier alpha value is -0.120. The minimum absolute atomic E-state index is 0.685. The largest absolute Gasteiger partial charge is 0.379 e. The monoisotopic (exact) mass is 228 g/mol. The van der Waals surface area contributed by atoms with Crippen molar-refractivity contribution in [3.8, 4) is 0 Å². The summed E-state index contributed by atoms with van der Waals surface area (Å²) in [6.07, 6.45) is 5.22. The van der Waals surface area contributed by atoms with Gasteiger partial charge in [0, 0.05) is 19.1 Å². The van der Waals surface area contributed by atoms with Crippen LogP contribution in [-0.2, 0) is 4.74 Å². The fourth-order valence-electron chi connectivity index (χ4n) is 2.10. The number of unbranched alkanes of at least 4 members (excludes halogenated alkanes) is 1. The average molecular weight is 228 g/mol. The van der Waals surface area contributed by atoms with E-state index in [9.17, 15) is 0 Å². The molecule has 0 bridgehead atoms. The lowest BCUT2D eigenvalue weighted by Crippen LogP contribution is -2.37. The van der Waals surface area contributed by atoms with E-state index in [1.54, 1.807) is 0 Å². The Labute approximate surface area is 101 Å². The van der Waals surface area contributed by atoms with Gasteiger partial charge in [-0.2, -0.15) is 0 Å². The highest BCUT2D eigenvalue weighted by Gasteiger charge is 2.09. The highest BCUT2D eigenvalue weighted by molar-refractivity contribution is 4.64. The first-order valence-corrected chi connectivity index (χ1v) is 6.86. The molecule has 96 valence electrons. The van der Waals surface area contributed by atoms with Crippen molar-refractivity contribution in [2.75, 3.05) is 39.4 Å². The molecule has 1 rings (SSSR count). The van der Waals surface area contributed by atoms with Crippen LogP contribution in [0.4, 0.5) is 0 Å². The van der Waals surface area contributed by atoms with Crippen LogP contribution < -0.4 is 5.32 Å². The summed E-state index contributed by atoms with van der Waals surface area (Å²) >= 11 is 0. The van der Waals surface area contributed by atoms with Crippen molar-refractivity contribution in [1.29, 1.82) is 0 Å². The number of hydrogen-bond acceptors (Lipinski definition) is 3. The van der Waals surface area contributed by atoms with Gasteiger partial charge in [-0.15, -0.1) is 0 Å². The topological polar surface area (TPSA) is 24.5 Å². The van der Waals surface area contributed by atoms with Gasteiger partial charge in [-0.3, -0.25) is 4.90 Å². The number of morpholine rings is 1. The van der Waals surface area contributed by atoms with Crippen LogP contribution in [0.1, 0.15) is 39.5 Å². The molecule has 0 saturated carbocycles. The third-order valence-corrected chi connectivity index (χ3v) is 3.21. The van der Waals surface area contributed by atoms with Gasteiger partial charge in [-0.05, 0) is 39.3 Å². The third kappa shape index (κ3) is 6.46. The van der Waals surface area contributed by atoms with Gasteiger partial charge in [-0.25, -0.2) is 0 Å². The minimum atomic E-state index is 0.685. The molecular weight excluding hydrogens is 200 g/mol. The van der Waals surface area contributed by atoms with Crippen LogP contribution in [0.3, 0.4) is 0 Å². The number of hydrogen-bond donors (Lipinski definition) is 1. The van der Waals surface area contributed by atoms with Crippen LogP contribution in [0.25, 0.3) is 0 Å². The summed E-state index contributed by atoms with van der Waals surface area (Å²) < 4.78 is 5.34. The lowest BCUT2D eigenvalue weighted by Gasteiger charge is -2.26. The predicted octanol–water partition coefficient (Wildman–Crippen LogP) is 1.88. The van der Waals surface area contributed by atoms with E-state index in [0.29, 0.717) is 6.04 Å². The second-order valence-corrected chi connectivity index (χ2v) is 4.80. The molecule has 3 heteroatoms. The fourth-order valence-corrected chi connectivity index (χ4v) is 2.10. The van der Waals surface area contributed by atoms with Crippen LogP contribution in [0.2, 0.25) is 0 Å². The Morgan fingerprint density at radius 1 is 1.25 bits per heavy atom. The van der Waals surface area contributed by atoms with Crippen LogP contribution in [0.15, 0.2) is 0 Å². The molecular formula is C13H28N2O. The lowest BCUT2D eigenvalue weighted by atomic mass is 10.1. The average Bonchev–Trinajstić information content (AvgIpc) is 2.33. The summed E-state index contributed by atoms with van der Waals surface area (Å²) in [6.45, 7) is 11.0. The molecule has 0 radical (unpaired) electrons. The summed E-state index contributed by atoms with van der Waals surface area (Å²) in [4.78, 5) is 2.52. The van der Waals surface area contributed by atoms with E-state index in [1.165, 1.54) is 32.2 Å². The molecule has 3 nitrogen and oxygen atoms in total. The molecule has 1 fully saturated rings. The molecule has 1 N–H and O–H groups in total. The van der Waals surface area contributed by atoms with E-state index in [-0.39, 0.29) is 0 Å². The molecule has 0 aliphatic carbocycles. The maximum Gasteiger partial charge on any atom is 0.0594 e. The summed E-state index contributed by atoms with van der Waals surface area (Å²) in [5.41, 5.74) is 0. The molecule has 1 aliphatic heterocycles. The normalized spacial score (nSPS) is 19.9. The smallest absolute Gasteiger partial charge is 0.0594 e. The number of nitrogens with zero attached hydrogens (tertiary/aromatic N) is 1. The molecule has 0 amide bonds. The van der Waals surface area contributed by atoms with E-state index in [2.05, 4.69) is 24.1 Å². The van der Waals surface area contributed by atoms with Gasteiger partial charge in [0.1, 0.15) is 0 Å². The van der Waals surface area contributed by atoms with Gasteiger partial charge in [0.25, 0.3) is 0 Å². The predicted molar refractivity (Wildman–Crippen MR) is 68.9 cm³/mol. The fraction of sp³-hybridized carbons (Fsp3) is 1.00. The zero-order valence-electron chi connectivity index (χ0n) is 11.0. The van der Waals surface area contributed by atoms with Crippen LogP contribution in [0, 0.1) is 0 Å². The lowest BCUT2D eigenvalue weighted by molar-refractivity contribution is 0.0371. The molecule has 1 atom stereocenters. The molecule has 0 aromatic rings. The molecule has 1 saturated heterocycles. The van der Waals surface area contributed by atoms with Gasteiger partial charge < -0.3 is 10.1 Å². The summed E-state index contributed by atoms with van der Waals surface area (Å²) in [5.74, 6) is 0. The van der Waals surface area contributed by atoms with Crippen molar-refractivity contribution in [3.05, 3.63) is 0 Å². The van der Waals surface area contributed by atoms with Crippen molar-refractivity contribution in [2.24, 2.45) is 0 Å². The van der Waals surface area contributed by atoms with E-state index in [1.807, 2.05) is 0 Å². The third-order valence-electron chi connectivity index (χ3n) is 3.21. The molecule has 0 spiro atoms. The first kappa shape index (κ1) is 13.9. The van der Waals surface area contributed by atoms with Crippen LogP contribution in [0.5, 0.6) is 0 Å². The highest BCUT2D eigenvalue weighted by Crippen LogP contribution is 2.04. The van der Waals surface area contributed by atoms with Crippen molar-refractivity contribution in [1.82, 2.24) is 10.2 Å². The molecule has 0 aromatic carbocycles. The summed E-state index contributed by atoms with van der Waals surface area (Å²) in [5, 5.41) is 3.54. The first-order chi connectivity index (χ1) is 7.83. The Morgan fingerprint density at radius 3 is 2.69 bits per heavy atom. The Balaban J connectivity index is 1.90. The second kappa shape index (κ2) is 8.97. The first-order valence-electron chi connectivity index (χ1n) is 6.86. The maximum absolute atomic E-state index is 5.34. The zero-order valence-corrected chi connectivity index (χ0v) is 11.0. The standard InChI is InChI=1S/C13H28N2O/c1-3-7-14-13(2)6-4-5-8-15-9-11-16-12-10-15/h13-14H,3-12H2,1-2H3. The van der Waals surface area contributed by atoms with Crippen molar-refractivity contribution < 1.29 is 4.74 Å². The highest BCUT2D eigenvalue weighted by atomic mass is 16.5. The van der Waals surface area contributed by atoms with Gasteiger partial charge >= 0.3 is 0 Å². The SMILES string of the molecule is CCCNC(C)CCCCN1CCOCC1. The summed E-state index contributed by atoms with van der Waals surface area (Å²) in [7, 11) is 0. The van der Waals surface area contributed by atoms with Crippen molar-refractivity contribution in [3.63, 3.8) is 0 Å². The quantitative estimate of drug-likeness (QED) is 0.642. The van der Waals surface area contributed by atoms with Gasteiger partial charge in [0.05, 0.1) is 13.2 Å². The number of rotatable bonds is 8. The number of ether oxygens (including phenoxy) is 1. The molecule has 1 aliphatic rings. The Morgan fingerprint density at radius 2 is 2.00 bits per heavy atom. The maximum atomic E-state index is 5.34. The van der Waals surface area contributed by atoms with Crippen molar-refractivity contribution >= 4 is 0 Å². The van der Waals surface area contributed by atoms with Gasteiger partial charge in [0.15, 0.2) is 0 Å². The van der Waals surface area contributed by atoms with Crippen LogP contribution >= 0.6 is 0 Å². The Kier molecular flexibility index (Phi) is 7.81. The van der Waals surface area contributed by atoms with E-state index < -0.39 is 0 Å². The van der Waals surface area contributed by atoms with E-state index in [4.69, 9.17) is 4.74 Å². The second-order valence-electron chi connectivity index (χ2n) is 4.80. The van der Waals surface area contributed by atoms with Crippen LogP contribution in [-0.4, -0.2) is 50.3 Å². The molecule has 1 heterocycles.